The van der Waals surface area contributed by atoms with Gasteiger partial charge in [0, 0.05) is 12.6 Å². The van der Waals surface area contributed by atoms with Crippen molar-refractivity contribution in [3.8, 4) is 0 Å². The SMILES string of the molecule is CCN1CCC(C(N)CNC)CC1. The standard InChI is InChI=1S/C10H23N3/c1-3-13-6-4-9(5-7-13)10(11)8-12-2/h9-10,12H,3-8,11H2,1-2H3. The van der Waals surface area contributed by atoms with Crippen LogP contribution >= 0.6 is 0 Å². The smallest absolute Gasteiger partial charge is 0.0194 e. The Balaban J connectivity index is 2.23. The van der Waals surface area contributed by atoms with E-state index < -0.39 is 0 Å². The third-order valence-corrected chi connectivity index (χ3v) is 3.12. The summed E-state index contributed by atoms with van der Waals surface area (Å²) in [5.74, 6) is 0.732. The lowest BCUT2D eigenvalue weighted by molar-refractivity contribution is 0.175. The van der Waals surface area contributed by atoms with Gasteiger partial charge >= 0.3 is 0 Å². The zero-order valence-corrected chi connectivity index (χ0v) is 8.92. The van der Waals surface area contributed by atoms with Crippen LogP contribution in [0.25, 0.3) is 0 Å². The average molecular weight is 185 g/mol. The van der Waals surface area contributed by atoms with Gasteiger partial charge in [-0.05, 0) is 45.4 Å². The first-order valence-electron chi connectivity index (χ1n) is 5.40. The molecule has 1 heterocycles. The van der Waals surface area contributed by atoms with E-state index >= 15 is 0 Å². The maximum Gasteiger partial charge on any atom is 0.0194 e. The lowest BCUT2D eigenvalue weighted by atomic mass is 9.90. The molecule has 0 amide bonds. The van der Waals surface area contributed by atoms with Gasteiger partial charge in [-0.25, -0.2) is 0 Å². The molecule has 3 N–H and O–H groups in total. The van der Waals surface area contributed by atoms with Gasteiger partial charge in [0.25, 0.3) is 0 Å². The molecule has 0 bridgehead atoms. The van der Waals surface area contributed by atoms with Gasteiger partial charge < -0.3 is 16.0 Å². The topological polar surface area (TPSA) is 41.3 Å². The Labute approximate surface area is 81.7 Å². The molecule has 0 saturated carbocycles. The highest BCUT2D eigenvalue weighted by Gasteiger charge is 2.22. The van der Waals surface area contributed by atoms with Crippen LogP contribution in [0.5, 0.6) is 0 Å². The second-order valence-corrected chi connectivity index (χ2v) is 3.99. The summed E-state index contributed by atoms with van der Waals surface area (Å²) >= 11 is 0. The second kappa shape index (κ2) is 5.58. The van der Waals surface area contributed by atoms with Crippen molar-refractivity contribution in [3.05, 3.63) is 0 Å². The van der Waals surface area contributed by atoms with E-state index in [0.29, 0.717) is 6.04 Å². The predicted molar refractivity (Wildman–Crippen MR) is 56.7 cm³/mol. The monoisotopic (exact) mass is 185 g/mol. The summed E-state index contributed by atoms with van der Waals surface area (Å²) in [4.78, 5) is 2.50. The van der Waals surface area contributed by atoms with Crippen molar-refractivity contribution in [1.29, 1.82) is 0 Å². The number of hydrogen-bond acceptors (Lipinski definition) is 3. The fourth-order valence-electron chi connectivity index (χ4n) is 2.10. The average Bonchev–Trinajstić information content (AvgIpc) is 2.18. The lowest BCUT2D eigenvalue weighted by Crippen LogP contribution is -2.44. The third kappa shape index (κ3) is 3.25. The Kier molecular flexibility index (Phi) is 4.70. The van der Waals surface area contributed by atoms with Gasteiger partial charge in [0.2, 0.25) is 0 Å². The number of nitrogens with two attached hydrogens (primary N) is 1. The Hall–Kier alpha value is -0.120. The van der Waals surface area contributed by atoms with E-state index in [1.807, 2.05) is 7.05 Å². The molecule has 1 rings (SSSR count). The van der Waals surface area contributed by atoms with E-state index in [2.05, 4.69) is 17.1 Å². The van der Waals surface area contributed by atoms with Crippen LogP contribution in [0.15, 0.2) is 0 Å². The zero-order valence-electron chi connectivity index (χ0n) is 8.92. The van der Waals surface area contributed by atoms with Gasteiger partial charge in [-0.15, -0.1) is 0 Å². The molecule has 0 aromatic rings. The van der Waals surface area contributed by atoms with Crippen molar-refractivity contribution in [2.24, 2.45) is 11.7 Å². The van der Waals surface area contributed by atoms with Crippen LogP contribution < -0.4 is 11.1 Å². The number of rotatable bonds is 4. The molecule has 0 aliphatic carbocycles. The number of likely N-dealkylation sites (N-methyl/N-ethyl adjacent to an activating group) is 1. The first kappa shape index (κ1) is 11.0. The van der Waals surface area contributed by atoms with Gasteiger partial charge in [-0.3, -0.25) is 0 Å². The Morgan fingerprint density at radius 1 is 1.46 bits per heavy atom. The van der Waals surface area contributed by atoms with Crippen molar-refractivity contribution >= 4 is 0 Å². The molecule has 1 aliphatic heterocycles. The van der Waals surface area contributed by atoms with Crippen LogP contribution in [0, 0.1) is 5.92 Å². The van der Waals surface area contributed by atoms with Gasteiger partial charge in [-0.2, -0.15) is 0 Å². The predicted octanol–water partition coefficient (Wildman–Crippen LogP) is 0.265. The highest BCUT2D eigenvalue weighted by molar-refractivity contribution is 4.80. The summed E-state index contributed by atoms with van der Waals surface area (Å²) in [5.41, 5.74) is 6.06. The van der Waals surface area contributed by atoms with Crippen molar-refractivity contribution in [1.82, 2.24) is 10.2 Å². The van der Waals surface area contributed by atoms with Gasteiger partial charge in [0.05, 0.1) is 0 Å². The molecule has 1 unspecified atom stereocenters. The van der Waals surface area contributed by atoms with Crippen LogP contribution in [-0.4, -0.2) is 44.2 Å². The summed E-state index contributed by atoms with van der Waals surface area (Å²) in [6, 6.07) is 0.351. The van der Waals surface area contributed by atoms with E-state index in [1.54, 1.807) is 0 Å². The second-order valence-electron chi connectivity index (χ2n) is 3.99. The molecule has 1 atom stereocenters. The van der Waals surface area contributed by atoms with Gasteiger partial charge in [0.1, 0.15) is 0 Å². The summed E-state index contributed by atoms with van der Waals surface area (Å²) in [6.07, 6.45) is 2.55. The molecule has 1 aliphatic rings. The Bertz CT molecular complexity index is 130. The van der Waals surface area contributed by atoms with Gasteiger partial charge in [-0.1, -0.05) is 6.92 Å². The summed E-state index contributed by atoms with van der Waals surface area (Å²) in [5, 5.41) is 3.15. The van der Waals surface area contributed by atoms with Crippen molar-refractivity contribution in [2.75, 3.05) is 33.2 Å². The molecule has 0 radical (unpaired) electrons. The van der Waals surface area contributed by atoms with Crippen LogP contribution in [-0.2, 0) is 0 Å². The van der Waals surface area contributed by atoms with E-state index in [0.717, 1.165) is 12.5 Å². The first-order valence-corrected chi connectivity index (χ1v) is 5.40. The summed E-state index contributed by atoms with van der Waals surface area (Å²) < 4.78 is 0. The first-order chi connectivity index (χ1) is 6.27. The van der Waals surface area contributed by atoms with Gasteiger partial charge in [0.15, 0.2) is 0 Å². The van der Waals surface area contributed by atoms with Crippen molar-refractivity contribution in [2.45, 2.75) is 25.8 Å². The van der Waals surface area contributed by atoms with Crippen LogP contribution in [0.4, 0.5) is 0 Å². The normalized spacial score (nSPS) is 23.3. The quantitative estimate of drug-likeness (QED) is 0.660. The molecule has 3 nitrogen and oxygen atoms in total. The largest absolute Gasteiger partial charge is 0.326 e. The molecular weight excluding hydrogens is 162 g/mol. The van der Waals surface area contributed by atoms with E-state index in [9.17, 15) is 0 Å². The molecule has 0 aromatic heterocycles. The molecule has 1 fully saturated rings. The van der Waals surface area contributed by atoms with Crippen molar-refractivity contribution in [3.63, 3.8) is 0 Å². The minimum Gasteiger partial charge on any atom is -0.326 e. The number of piperidine rings is 1. The summed E-state index contributed by atoms with van der Waals surface area (Å²) in [6.45, 7) is 6.84. The number of nitrogens with zero attached hydrogens (tertiary/aromatic N) is 1. The van der Waals surface area contributed by atoms with E-state index in [1.165, 1.54) is 32.5 Å². The summed E-state index contributed by atoms with van der Waals surface area (Å²) in [7, 11) is 1.97. The highest BCUT2D eigenvalue weighted by atomic mass is 15.1. The molecular formula is C10H23N3. The minimum atomic E-state index is 0.351. The molecule has 0 aromatic carbocycles. The van der Waals surface area contributed by atoms with Crippen molar-refractivity contribution < 1.29 is 0 Å². The van der Waals surface area contributed by atoms with E-state index in [-0.39, 0.29) is 0 Å². The molecule has 3 heteroatoms. The number of nitrogens with one attached hydrogen (secondary N) is 1. The third-order valence-electron chi connectivity index (χ3n) is 3.12. The Morgan fingerprint density at radius 2 is 2.08 bits per heavy atom. The number of likely N-dealkylation sites (tertiary alicyclic amines) is 1. The molecule has 0 spiro atoms. The minimum absolute atomic E-state index is 0.351. The van der Waals surface area contributed by atoms with Crippen LogP contribution in [0.2, 0.25) is 0 Å². The highest BCUT2D eigenvalue weighted by Crippen LogP contribution is 2.18. The molecule has 78 valence electrons. The Morgan fingerprint density at radius 3 is 2.54 bits per heavy atom. The van der Waals surface area contributed by atoms with Crippen LogP contribution in [0.1, 0.15) is 19.8 Å². The van der Waals surface area contributed by atoms with Crippen LogP contribution in [0.3, 0.4) is 0 Å². The maximum absolute atomic E-state index is 6.06. The fourth-order valence-corrected chi connectivity index (χ4v) is 2.10. The van der Waals surface area contributed by atoms with E-state index in [4.69, 9.17) is 5.73 Å². The number of hydrogen-bond donors (Lipinski definition) is 2. The maximum atomic E-state index is 6.06. The lowest BCUT2D eigenvalue weighted by Gasteiger charge is -2.34. The fraction of sp³-hybridized carbons (Fsp3) is 1.00. The zero-order chi connectivity index (χ0) is 9.68. The molecule has 13 heavy (non-hydrogen) atoms. The molecule has 1 saturated heterocycles.